The number of H-pyrrole nitrogens is 1. The summed E-state index contributed by atoms with van der Waals surface area (Å²) in [6.07, 6.45) is 1.83. The molecule has 2 N–H and O–H groups in total. The number of hydrogen-bond acceptors (Lipinski definition) is 6. The van der Waals surface area contributed by atoms with E-state index in [1.165, 1.54) is 0 Å². The van der Waals surface area contributed by atoms with Crippen LogP contribution in [-0.4, -0.2) is 34.0 Å². The Hall–Kier alpha value is -2.14. The first-order valence-electron chi connectivity index (χ1n) is 4.13. The maximum absolute atomic E-state index is 11.0. The summed E-state index contributed by atoms with van der Waals surface area (Å²) in [4.78, 5) is 10.0. The summed E-state index contributed by atoms with van der Waals surface area (Å²) >= 11 is 0. The largest absolute Gasteiger partial charge is 0.612 e. The average molecular weight is 263 g/mol. The highest BCUT2D eigenvalue weighted by Crippen LogP contribution is 2.19. The quantitative estimate of drug-likeness (QED) is 0.358. The molecule has 1 aliphatic carbocycles. The normalized spacial score (nSPS) is 19.1. The van der Waals surface area contributed by atoms with E-state index in [2.05, 4.69) is 4.63 Å². The Morgan fingerprint density at radius 3 is 2.71 bits per heavy atom. The summed E-state index contributed by atoms with van der Waals surface area (Å²) in [7, 11) is -4.69. The Kier molecular flexibility index (Phi) is 2.29. The highest BCUT2D eigenvalue weighted by Gasteiger charge is 2.43. The van der Waals surface area contributed by atoms with E-state index < -0.39 is 31.7 Å². The summed E-state index contributed by atoms with van der Waals surface area (Å²) in [5.74, 6) is 0. The Labute approximate surface area is 92.9 Å². The van der Waals surface area contributed by atoms with Gasteiger partial charge in [0.05, 0.1) is 0 Å². The number of hydrogen-bond donors (Lipinski definition) is 2. The lowest BCUT2D eigenvalue weighted by atomic mass is 10.1. The summed E-state index contributed by atoms with van der Waals surface area (Å²) in [6, 6.07) is 0. The zero-order valence-electron chi connectivity index (χ0n) is 7.93. The van der Waals surface area contributed by atoms with Crippen LogP contribution in [0.4, 0.5) is 0 Å². The van der Waals surface area contributed by atoms with Gasteiger partial charge < -0.3 is 10.4 Å². The monoisotopic (exact) mass is 263 g/mol. The summed E-state index contributed by atoms with van der Waals surface area (Å²) < 4.78 is 35.0. The summed E-state index contributed by atoms with van der Waals surface area (Å²) in [5, 5.41) is 21.6. The Morgan fingerprint density at radius 2 is 2.18 bits per heavy atom. The molecule has 1 aliphatic rings. The predicted molar refractivity (Wildman–Crippen MR) is 51.9 cm³/mol. The van der Waals surface area contributed by atoms with Crippen LogP contribution in [0.5, 0.6) is 0 Å². The third-order valence-corrected chi connectivity index (χ3v) is 3.18. The van der Waals surface area contributed by atoms with Crippen molar-refractivity contribution in [2.75, 3.05) is 0 Å². The molecule has 0 spiro atoms. The van der Waals surface area contributed by atoms with Crippen LogP contribution in [-0.2, 0) is 10.1 Å². The van der Waals surface area contributed by atoms with Crippen LogP contribution in [0, 0.1) is 15.3 Å². The molecule has 1 heterocycles. The first kappa shape index (κ1) is 11.3. The molecule has 2 rings (SSSR count). The van der Waals surface area contributed by atoms with Gasteiger partial charge in [0.1, 0.15) is 0 Å². The van der Waals surface area contributed by atoms with Gasteiger partial charge in [-0.05, 0) is 17.1 Å². The van der Waals surface area contributed by atoms with Crippen LogP contribution >= 0.6 is 0 Å². The van der Waals surface area contributed by atoms with E-state index in [1.807, 2.05) is 5.16 Å². The fourth-order valence-electron chi connectivity index (χ4n) is 1.46. The standard InChI is InChI=1S/C6H5N3O7S/c10-8(11)6-4(17(13,14)15)2-1-3-5(6)7-16-9(3)12/h1-2,4,7H,(H-,10,11,13,14,15). The molecule has 1 aromatic heterocycles. The molecular weight excluding hydrogens is 258 g/mol. The third kappa shape index (κ3) is 1.70. The SMILES string of the molecule is O=[n+]1o[nH]c2c1C=CC(S(=O)(=O)O)C2=[N+]([O-])[O-]. The van der Waals surface area contributed by atoms with E-state index in [0.717, 1.165) is 12.2 Å². The maximum Gasteiger partial charge on any atom is 0.290 e. The van der Waals surface area contributed by atoms with Crippen molar-refractivity contribution >= 4 is 21.9 Å². The minimum absolute atomic E-state index is 0.0461. The third-order valence-electron chi connectivity index (χ3n) is 2.16. The predicted octanol–water partition coefficient (Wildman–Crippen LogP) is -1.40. The van der Waals surface area contributed by atoms with Crippen LogP contribution in [0.3, 0.4) is 0 Å². The van der Waals surface area contributed by atoms with Crippen molar-refractivity contribution in [2.45, 2.75) is 5.25 Å². The van der Waals surface area contributed by atoms with Gasteiger partial charge in [0, 0.05) is 0 Å². The highest BCUT2D eigenvalue weighted by atomic mass is 32.2. The highest BCUT2D eigenvalue weighted by molar-refractivity contribution is 7.87. The number of rotatable bonds is 1. The van der Waals surface area contributed by atoms with Gasteiger partial charge in [-0.3, -0.25) is 4.55 Å². The van der Waals surface area contributed by atoms with Gasteiger partial charge in [0.25, 0.3) is 27.2 Å². The lowest BCUT2D eigenvalue weighted by Gasteiger charge is -2.14. The molecule has 0 bridgehead atoms. The fourth-order valence-corrected chi connectivity index (χ4v) is 2.22. The van der Waals surface area contributed by atoms with E-state index in [-0.39, 0.29) is 10.3 Å². The molecule has 1 atom stereocenters. The van der Waals surface area contributed by atoms with Crippen LogP contribution in [0.1, 0.15) is 11.4 Å². The van der Waals surface area contributed by atoms with E-state index in [9.17, 15) is 23.7 Å². The van der Waals surface area contributed by atoms with Crippen LogP contribution in [0.15, 0.2) is 10.7 Å². The second kappa shape index (κ2) is 3.43. The van der Waals surface area contributed by atoms with Crippen molar-refractivity contribution < 1.29 is 27.1 Å². The van der Waals surface area contributed by atoms with Gasteiger partial charge in [-0.2, -0.15) is 13.3 Å². The summed E-state index contributed by atoms with van der Waals surface area (Å²) in [5.41, 5.74) is -1.50. The molecule has 0 fully saturated rings. The number of nitrogens with zero attached hydrogens (tertiary/aromatic N) is 2. The van der Waals surface area contributed by atoms with Gasteiger partial charge in [-0.15, -0.1) is 0 Å². The number of fused-ring (bicyclic) bond motifs is 1. The zero-order valence-corrected chi connectivity index (χ0v) is 8.75. The maximum atomic E-state index is 11.0. The molecule has 92 valence electrons. The molecule has 0 amide bonds. The van der Waals surface area contributed by atoms with E-state index in [1.54, 1.807) is 0 Å². The van der Waals surface area contributed by atoms with E-state index in [0.29, 0.717) is 0 Å². The molecule has 11 heteroatoms. The Balaban J connectivity index is 2.76. The topological polar surface area (TPSA) is 155 Å². The van der Waals surface area contributed by atoms with Crippen molar-refractivity contribution in [3.63, 3.8) is 0 Å². The molecule has 17 heavy (non-hydrogen) atoms. The molecule has 1 aromatic rings. The van der Waals surface area contributed by atoms with Crippen LogP contribution in [0.25, 0.3) is 6.08 Å². The van der Waals surface area contributed by atoms with Gasteiger partial charge in [-0.1, -0.05) is 9.79 Å². The minimum atomic E-state index is -4.69. The molecule has 0 saturated carbocycles. The van der Waals surface area contributed by atoms with Crippen molar-refractivity contribution in [2.24, 2.45) is 0 Å². The van der Waals surface area contributed by atoms with Crippen LogP contribution in [0.2, 0.25) is 0 Å². The first-order valence-corrected chi connectivity index (χ1v) is 5.63. The molecule has 1 unspecified atom stereocenters. The van der Waals surface area contributed by atoms with Crippen LogP contribution < -0.4 is 4.60 Å². The molecule has 0 aromatic carbocycles. The Morgan fingerprint density at radius 1 is 1.53 bits per heavy atom. The second-order valence-corrected chi connectivity index (χ2v) is 4.69. The molecule has 0 aliphatic heterocycles. The zero-order chi connectivity index (χ0) is 12.8. The smallest absolute Gasteiger partial charge is 0.290 e. The van der Waals surface area contributed by atoms with Crippen molar-refractivity contribution in [3.05, 3.63) is 32.8 Å². The lowest BCUT2D eigenvalue weighted by Crippen LogP contribution is -2.36. The fraction of sp³-hybridized carbons (Fsp3) is 0.167. The molecule has 0 radical (unpaired) electrons. The molecular formula is C6H5N3O7S. The van der Waals surface area contributed by atoms with Gasteiger partial charge in [-0.25, -0.2) is 0 Å². The van der Waals surface area contributed by atoms with Crippen molar-refractivity contribution in [1.82, 2.24) is 5.16 Å². The Bertz CT molecular complexity index is 675. The number of aromatic amines is 1. The van der Waals surface area contributed by atoms with Crippen molar-refractivity contribution in [1.29, 1.82) is 0 Å². The number of aromatic nitrogens is 2. The minimum Gasteiger partial charge on any atom is -0.612 e. The van der Waals surface area contributed by atoms with E-state index >= 15 is 0 Å². The number of nitrogens with one attached hydrogen (secondary N) is 1. The molecule has 10 nitrogen and oxygen atoms in total. The molecule has 0 saturated heterocycles. The lowest BCUT2D eigenvalue weighted by molar-refractivity contribution is -0.714. The van der Waals surface area contributed by atoms with Gasteiger partial charge >= 0.3 is 0 Å². The second-order valence-electron chi connectivity index (χ2n) is 3.15. The van der Waals surface area contributed by atoms with Gasteiger partial charge in [0.2, 0.25) is 0 Å². The van der Waals surface area contributed by atoms with E-state index in [4.69, 9.17) is 4.55 Å². The summed E-state index contributed by atoms with van der Waals surface area (Å²) in [6.45, 7) is 0. The van der Waals surface area contributed by atoms with Crippen molar-refractivity contribution in [3.8, 4) is 0 Å². The van der Waals surface area contributed by atoms with Gasteiger partial charge in [0.15, 0.2) is 9.85 Å². The first-order chi connectivity index (χ1) is 7.82. The average Bonchev–Trinajstić information content (AvgIpc) is 2.57.